The minimum atomic E-state index is -1.10. The van der Waals surface area contributed by atoms with Crippen LogP contribution >= 0.6 is 11.6 Å². The van der Waals surface area contributed by atoms with Crippen LogP contribution in [0.3, 0.4) is 0 Å². The van der Waals surface area contributed by atoms with Gasteiger partial charge in [0, 0.05) is 11.8 Å². The lowest BCUT2D eigenvalue weighted by Gasteiger charge is -2.24. The van der Waals surface area contributed by atoms with Crippen LogP contribution in [0.25, 0.3) is 16.9 Å². The molecule has 0 amide bonds. The van der Waals surface area contributed by atoms with E-state index in [1.165, 1.54) is 6.07 Å². The van der Waals surface area contributed by atoms with Crippen LogP contribution in [0, 0.1) is 5.82 Å². The maximum Gasteiger partial charge on any atom is 0.228 e. The molecule has 0 fully saturated rings. The number of hydrogen-bond acceptors (Lipinski definition) is 6. The van der Waals surface area contributed by atoms with Crippen LogP contribution in [0.2, 0.25) is 5.02 Å². The maximum absolute atomic E-state index is 15.0. The van der Waals surface area contributed by atoms with Crippen LogP contribution in [0.1, 0.15) is 6.92 Å². The van der Waals surface area contributed by atoms with Crippen molar-refractivity contribution in [1.82, 2.24) is 9.38 Å². The number of nitrogens with one attached hydrogen (secondary N) is 1. The number of fused-ring (bicyclic) bond motifs is 2. The summed E-state index contributed by atoms with van der Waals surface area (Å²) in [7, 11) is 1.54. The van der Waals surface area contributed by atoms with E-state index in [4.69, 9.17) is 30.5 Å². The number of imidazole rings is 1. The molecule has 1 aliphatic heterocycles. The first-order valence-corrected chi connectivity index (χ1v) is 10.8. The van der Waals surface area contributed by atoms with Gasteiger partial charge in [0.25, 0.3) is 0 Å². The number of methoxy groups -OCH3 is 1. The Labute approximate surface area is 198 Å². The zero-order valence-electron chi connectivity index (χ0n) is 18.3. The molecule has 0 aliphatic carbocycles. The van der Waals surface area contributed by atoms with Gasteiger partial charge >= 0.3 is 0 Å². The molecule has 1 aliphatic rings. The Morgan fingerprint density at radius 1 is 1.21 bits per heavy atom. The van der Waals surface area contributed by atoms with Gasteiger partial charge in [0.2, 0.25) is 6.86 Å². The van der Waals surface area contributed by atoms with E-state index in [-0.39, 0.29) is 28.1 Å². The van der Waals surface area contributed by atoms with Gasteiger partial charge in [0.05, 0.1) is 23.9 Å². The van der Waals surface area contributed by atoms with Gasteiger partial charge in [-0.15, -0.1) is 0 Å². The van der Waals surface area contributed by atoms with Gasteiger partial charge in [0.1, 0.15) is 47.2 Å². The number of aromatic nitrogens is 2. The van der Waals surface area contributed by atoms with E-state index >= 15 is 4.39 Å². The van der Waals surface area contributed by atoms with E-state index in [2.05, 4.69) is 10.3 Å². The molecule has 0 saturated heterocycles. The molecule has 0 bridgehead atoms. The zero-order valence-corrected chi connectivity index (χ0v) is 19.0. The number of benzene rings is 2. The van der Waals surface area contributed by atoms with E-state index < -0.39 is 12.7 Å². The number of anilines is 2. The van der Waals surface area contributed by atoms with Crippen LogP contribution in [0.15, 0.2) is 48.7 Å². The predicted octanol–water partition coefficient (Wildman–Crippen LogP) is 6.01. The van der Waals surface area contributed by atoms with Crippen LogP contribution < -0.4 is 24.3 Å². The third-order valence-corrected chi connectivity index (χ3v) is 5.71. The molecule has 3 heterocycles. The molecular weight excluding hydrogens is 468 g/mol. The molecule has 0 spiro atoms. The average Bonchev–Trinajstić information content (AvgIpc) is 3.17. The Morgan fingerprint density at radius 3 is 2.85 bits per heavy atom. The number of alkyl halides is 1. The molecule has 0 unspecified atom stereocenters. The summed E-state index contributed by atoms with van der Waals surface area (Å²) in [5.41, 5.74) is 1.35. The highest BCUT2D eigenvalue weighted by Crippen LogP contribution is 2.42. The first-order valence-electron chi connectivity index (χ1n) is 10.4. The molecule has 1 atom stereocenters. The van der Waals surface area contributed by atoms with Gasteiger partial charge in [-0.05, 0) is 43.3 Å². The number of rotatable bonds is 6. The topological polar surface area (TPSA) is 66.2 Å². The summed E-state index contributed by atoms with van der Waals surface area (Å²) in [4.78, 5) is 4.59. The molecular formula is C24H20ClF2N3O4. The van der Waals surface area contributed by atoms with E-state index in [0.29, 0.717) is 41.0 Å². The molecule has 2 aromatic carbocycles. The van der Waals surface area contributed by atoms with Crippen LogP contribution in [-0.4, -0.2) is 36.1 Å². The Morgan fingerprint density at radius 2 is 2.06 bits per heavy atom. The van der Waals surface area contributed by atoms with Crippen LogP contribution in [0.4, 0.5) is 20.3 Å². The summed E-state index contributed by atoms with van der Waals surface area (Å²) in [5, 5.41) is 3.19. The number of halogens is 3. The highest BCUT2D eigenvalue weighted by atomic mass is 35.5. The summed E-state index contributed by atoms with van der Waals surface area (Å²) in [6.45, 7) is 1.27. The largest absolute Gasteiger partial charge is 0.495 e. The van der Waals surface area contributed by atoms with Gasteiger partial charge in [-0.2, -0.15) is 0 Å². The predicted molar refractivity (Wildman–Crippen MR) is 124 cm³/mol. The lowest BCUT2D eigenvalue weighted by Crippen LogP contribution is -2.25. The maximum atomic E-state index is 15.0. The van der Waals surface area contributed by atoms with Gasteiger partial charge in [-0.3, -0.25) is 4.40 Å². The molecule has 1 N–H and O–H groups in total. The molecule has 0 radical (unpaired) electrons. The van der Waals surface area contributed by atoms with Crippen molar-refractivity contribution < 1.29 is 27.7 Å². The Bertz CT molecular complexity index is 1380. The average molecular weight is 488 g/mol. The second kappa shape index (κ2) is 8.90. The quantitative estimate of drug-likeness (QED) is 0.359. The molecule has 176 valence electrons. The Kier molecular flexibility index (Phi) is 5.79. The molecule has 2 aromatic heterocycles. The highest BCUT2D eigenvalue weighted by molar-refractivity contribution is 6.35. The fourth-order valence-corrected chi connectivity index (χ4v) is 4.05. The molecule has 10 heteroatoms. The third kappa shape index (κ3) is 3.92. The van der Waals surface area contributed by atoms with Crippen molar-refractivity contribution >= 4 is 28.8 Å². The third-order valence-electron chi connectivity index (χ3n) is 5.34. The van der Waals surface area contributed by atoms with Gasteiger partial charge in [-0.1, -0.05) is 11.6 Å². The minimum absolute atomic E-state index is 0.00877. The van der Waals surface area contributed by atoms with Crippen molar-refractivity contribution in [2.45, 2.75) is 13.0 Å². The van der Waals surface area contributed by atoms with Crippen molar-refractivity contribution in [2.24, 2.45) is 0 Å². The Balaban J connectivity index is 1.68. The second-order valence-electron chi connectivity index (χ2n) is 7.62. The minimum Gasteiger partial charge on any atom is -0.495 e. The fraction of sp³-hybridized carbons (Fsp3) is 0.208. The van der Waals surface area contributed by atoms with E-state index in [1.807, 2.05) is 13.0 Å². The van der Waals surface area contributed by atoms with Crippen LogP contribution in [-0.2, 0) is 0 Å². The van der Waals surface area contributed by atoms with E-state index in [0.717, 1.165) is 6.07 Å². The van der Waals surface area contributed by atoms with Gasteiger partial charge in [-0.25, -0.2) is 13.8 Å². The van der Waals surface area contributed by atoms with Crippen molar-refractivity contribution in [1.29, 1.82) is 0 Å². The summed E-state index contributed by atoms with van der Waals surface area (Å²) in [6.07, 6.45) is 1.62. The smallest absolute Gasteiger partial charge is 0.228 e. The monoisotopic (exact) mass is 487 g/mol. The number of nitrogens with zero attached hydrogens (tertiary/aromatic N) is 2. The lowest BCUT2D eigenvalue weighted by molar-refractivity contribution is 0.104. The van der Waals surface area contributed by atoms with Gasteiger partial charge < -0.3 is 24.3 Å². The van der Waals surface area contributed by atoms with E-state index in [1.54, 1.807) is 42.0 Å². The normalized spacial score (nSPS) is 14.8. The first kappa shape index (κ1) is 22.1. The lowest BCUT2D eigenvalue weighted by atomic mass is 10.1. The van der Waals surface area contributed by atoms with Crippen molar-refractivity contribution in [3.05, 3.63) is 59.5 Å². The highest BCUT2D eigenvalue weighted by Gasteiger charge is 2.24. The SMILES string of the molecule is COc1ccc2nc(-c3c(F)ccc(OCF)c3Cl)c(Nc3ccc4c(c3)O[C@@H](C)CO4)n2c1. The van der Waals surface area contributed by atoms with Crippen molar-refractivity contribution in [3.8, 4) is 34.3 Å². The number of ether oxygens (including phenoxy) is 4. The summed E-state index contributed by atoms with van der Waals surface area (Å²) >= 11 is 6.43. The second-order valence-corrected chi connectivity index (χ2v) is 8.00. The van der Waals surface area contributed by atoms with Crippen molar-refractivity contribution in [2.75, 3.05) is 25.9 Å². The van der Waals surface area contributed by atoms with Crippen molar-refractivity contribution in [3.63, 3.8) is 0 Å². The Hall–Kier alpha value is -3.72. The molecule has 0 saturated carbocycles. The summed E-state index contributed by atoms with van der Waals surface area (Å²) in [6, 6.07) is 11.3. The number of hydrogen-bond donors (Lipinski definition) is 1. The summed E-state index contributed by atoms with van der Waals surface area (Å²) in [5.74, 6) is 1.57. The van der Waals surface area contributed by atoms with E-state index in [9.17, 15) is 4.39 Å². The zero-order chi connectivity index (χ0) is 23.8. The number of pyridine rings is 1. The molecule has 4 aromatic rings. The fourth-order valence-electron chi connectivity index (χ4n) is 3.75. The molecule has 34 heavy (non-hydrogen) atoms. The molecule has 5 rings (SSSR count). The molecule has 7 nitrogen and oxygen atoms in total. The van der Waals surface area contributed by atoms with Crippen LogP contribution in [0.5, 0.6) is 23.0 Å². The first-order chi connectivity index (χ1) is 16.5. The standard InChI is InChI=1S/C24H20ClF2N3O4/c1-13-11-32-17-6-3-14(9-19(17)34-13)28-24-23(29-20-8-4-15(31-2)10-30(20)24)21-16(27)5-7-18(22(21)25)33-12-26/h3-10,13,28H,11-12H2,1-2H3/t13-/m0/s1. The van der Waals surface area contributed by atoms with Gasteiger partial charge in [0.15, 0.2) is 11.5 Å². The summed E-state index contributed by atoms with van der Waals surface area (Å²) < 4.78 is 51.4.